The van der Waals surface area contributed by atoms with E-state index in [2.05, 4.69) is 10.2 Å². The molecule has 0 aliphatic rings. The fourth-order valence-electron chi connectivity index (χ4n) is 3.12. The van der Waals surface area contributed by atoms with Crippen LogP contribution in [0.15, 0.2) is 84.0 Å². The van der Waals surface area contributed by atoms with Crippen LogP contribution in [0.3, 0.4) is 0 Å². The Morgan fingerprint density at radius 1 is 0.938 bits per heavy atom. The normalized spacial score (nSPS) is 10.7. The highest BCUT2D eigenvalue weighted by Crippen LogP contribution is 2.29. The van der Waals surface area contributed by atoms with Gasteiger partial charge in [0.1, 0.15) is 12.4 Å². The molecule has 4 aromatic rings. The van der Waals surface area contributed by atoms with E-state index in [1.54, 1.807) is 7.11 Å². The van der Waals surface area contributed by atoms with E-state index in [4.69, 9.17) is 9.47 Å². The van der Waals surface area contributed by atoms with E-state index in [0.717, 1.165) is 28.1 Å². The number of nitrogens with zero attached hydrogens (tertiary/aromatic N) is 3. The Morgan fingerprint density at radius 3 is 2.34 bits per heavy atom. The van der Waals surface area contributed by atoms with Crippen molar-refractivity contribution in [3.63, 3.8) is 0 Å². The smallest absolute Gasteiger partial charge is 0.316 e. The van der Waals surface area contributed by atoms with Gasteiger partial charge >= 0.3 is 5.97 Å². The summed E-state index contributed by atoms with van der Waals surface area (Å²) in [6, 6.07) is 25.4. The minimum absolute atomic E-state index is 0.138. The molecule has 3 aromatic carbocycles. The third kappa shape index (κ3) is 5.18. The molecule has 7 heteroatoms. The molecule has 162 valence electrons. The molecule has 6 nitrogen and oxygen atoms in total. The summed E-state index contributed by atoms with van der Waals surface area (Å²) in [5.74, 6) is 1.30. The van der Waals surface area contributed by atoms with Gasteiger partial charge in [-0.25, -0.2) is 0 Å². The average molecular weight is 446 g/mol. The zero-order valence-corrected chi connectivity index (χ0v) is 18.7. The predicted molar refractivity (Wildman–Crippen MR) is 125 cm³/mol. The minimum atomic E-state index is -0.302. The SMILES string of the molecule is COc1ccc(-c2nnc(SCC(=O)OCc3ccccc3)n2-c2ccc(C)cc2)cc1. The first kappa shape index (κ1) is 21.6. The van der Waals surface area contributed by atoms with Crippen LogP contribution >= 0.6 is 11.8 Å². The van der Waals surface area contributed by atoms with E-state index in [-0.39, 0.29) is 18.3 Å². The molecule has 0 N–H and O–H groups in total. The lowest BCUT2D eigenvalue weighted by Crippen LogP contribution is -2.08. The number of carbonyl (C=O) groups excluding carboxylic acids is 1. The van der Waals surface area contributed by atoms with Gasteiger partial charge in [0.2, 0.25) is 0 Å². The van der Waals surface area contributed by atoms with Gasteiger partial charge in [-0.05, 0) is 48.9 Å². The second kappa shape index (κ2) is 10.2. The molecule has 0 radical (unpaired) electrons. The average Bonchev–Trinajstić information content (AvgIpc) is 3.26. The van der Waals surface area contributed by atoms with Crippen LogP contribution in [0.2, 0.25) is 0 Å². The van der Waals surface area contributed by atoms with Crippen LogP contribution in [0.1, 0.15) is 11.1 Å². The van der Waals surface area contributed by atoms with E-state index in [9.17, 15) is 4.79 Å². The Hall–Kier alpha value is -3.58. The summed E-state index contributed by atoms with van der Waals surface area (Å²) >= 11 is 1.30. The van der Waals surface area contributed by atoms with Crippen LogP contribution < -0.4 is 4.74 Å². The molecule has 1 aromatic heterocycles. The van der Waals surface area contributed by atoms with Crippen LogP contribution in [0, 0.1) is 6.92 Å². The number of ether oxygens (including phenoxy) is 2. The molecular formula is C25H23N3O3S. The Bertz CT molecular complexity index is 1170. The molecule has 0 aliphatic heterocycles. The van der Waals surface area contributed by atoms with E-state index in [0.29, 0.717) is 11.0 Å². The molecule has 4 rings (SSSR count). The highest BCUT2D eigenvalue weighted by Gasteiger charge is 2.18. The number of carbonyl (C=O) groups is 1. The van der Waals surface area contributed by atoms with Crippen molar-refractivity contribution < 1.29 is 14.3 Å². The molecule has 0 fully saturated rings. The lowest BCUT2D eigenvalue weighted by Gasteiger charge is -2.11. The van der Waals surface area contributed by atoms with Crippen molar-refractivity contribution in [3.8, 4) is 22.8 Å². The van der Waals surface area contributed by atoms with Crippen molar-refractivity contribution in [2.45, 2.75) is 18.7 Å². The van der Waals surface area contributed by atoms with Gasteiger partial charge in [-0.3, -0.25) is 9.36 Å². The summed E-state index contributed by atoms with van der Waals surface area (Å²) in [6.45, 7) is 2.29. The summed E-state index contributed by atoms with van der Waals surface area (Å²) in [4.78, 5) is 12.3. The van der Waals surface area contributed by atoms with Gasteiger partial charge in [-0.1, -0.05) is 59.8 Å². The maximum absolute atomic E-state index is 12.3. The molecule has 0 bridgehead atoms. The zero-order valence-electron chi connectivity index (χ0n) is 17.9. The second-order valence-electron chi connectivity index (χ2n) is 7.14. The topological polar surface area (TPSA) is 66.2 Å². The summed E-state index contributed by atoms with van der Waals surface area (Å²) in [5.41, 5.74) is 3.94. The second-order valence-corrected chi connectivity index (χ2v) is 8.08. The van der Waals surface area contributed by atoms with E-state index < -0.39 is 0 Å². The number of aromatic nitrogens is 3. The number of aryl methyl sites for hydroxylation is 1. The Morgan fingerprint density at radius 2 is 1.66 bits per heavy atom. The van der Waals surface area contributed by atoms with Crippen LogP contribution in [0.4, 0.5) is 0 Å². The number of hydrogen-bond acceptors (Lipinski definition) is 6. The first-order valence-electron chi connectivity index (χ1n) is 10.1. The first-order valence-corrected chi connectivity index (χ1v) is 11.1. The molecular weight excluding hydrogens is 422 g/mol. The molecule has 0 spiro atoms. The van der Waals surface area contributed by atoms with Crippen molar-refractivity contribution in [1.29, 1.82) is 0 Å². The summed E-state index contributed by atoms with van der Waals surface area (Å²) < 4.78 is 12.6. The summed E-state index contributed by atoms with van der Waals surface area (Å²) in [5, 5.41) is 9.39. The number of methoxy groups -OCH3 is 1. The lowest BCUT2D eigenvalue weighted by molar-refractivity contribution is -0.141. The fraction of sp³-hybridized carbons (Fsp3) is 0.160. The number of hydrogen-bond donors (Lipinski definition) is 0. The van der Waals surface area contributed by atoms with Gasteiger partial charge in [0.15, 0.2) is 11.0 Å². The minimum Gasteiger partial charge on any atom is -0.497 e. The molecule has 0 atom stereocenters. The Labute approximate surface area is 191 Å². The molecule has 32 heavy (non-hydrogen) atoms. The standard InChI is InChI=1S/C25H23N3O3S/c1-18-8-12-21(13-9-18)28-24(20-10-14-22(30-2)15-11-20)26-27-25(28)32-17-23(29)31-16-19-6-4-3-5-7-19/h3-15H,16-17H2,1-2H3. The van der Waals surface area contributed by atoms with Gasteiger partial charge in [0, 0.05) is 11.3 Å². The van der Waals surface area contributed by atoms with E-state index in [1.165, 1.54) is 11.8 Å². The van der Waals surface area contributed by atoms with Crippen molar-refractivity contribution in [2.24, 2.45) is 0 Å². The largest absolute Gasteiger partial charge is 0.497 e. The Balaban J connectivity index is 1.55. The number of rotatable bonds is 8. The third-order valence-electron chi connectivity index (χ3n) is 4.84. The zero-order chi connectivity index (χ0) is 22.3. The fourth-order valence-corrected chi connectivity index (χ4v) is 3.87. The number of thioether (sulfide) groups is 1. The van der Waals surface area contributed by atoms with Gasteiger partial charge in [-0.2, -0.15) is 0 Å². The van der Waals surface area contributed by atoms with Gasteiger partial charge < -0.3 is 9.47 Å². The highest BCUT2D eigenvalue weighted by atomic mass is 32.2. The van der Waals surface area contributed by atoms with Crippen LogP contribution in [-0.4, -0.2) is 33.6 Å². The molecule has 1 heterocycles. The van der Waals surface area contributed by atoms with Crippen LogP contribution in [-0.2, 0) is 16.1 Å². The third-order valence-corrected chi connectivity index (χ3v) is 5.74. The predicted octanol–water partition coefficient (Wildman–Crippen LogP) is 5.09. The summed E-state index contributed by atoms with van der Waals surface area (Å²) in [6.07, 6.45) is 0. The quantitative estimate of drug-likeness (QED) is 0.278. The molecule has 0 saturated heterocycles. The van der Waals surface area contributed by atoms with Gasteiger partial charge in [0.25, 0.3) is 0 Å². The van der Waals surface area contributed by atoms with Crippen LogP contribution in [0.5, 0.6) is 5.75 Å². The maximum atomic E-state index is 12.3. The van der Waals surface area contributed by atoms with Crippen molar-refractivity contribution in [3.05, 3.63) is 90.0 Å². The first-order chi connectivity index (χ1) is 15.6. The molecule has 0 saturated carbocycles. The van der Waals surface area contributed by atoms with Crippen LogP contribution in [0.25, 0.3) is 17.1 Å². The Kier molecular flexibility index (Phi) is 6.87. The highest BCUT2D eigenvalue weighted by molar-refractivity contribution is 7.99. The molecule has 0 unspecified atom stereocenters. The summed E-state index contributed by atoms with van der Waals surface area (Å²) in [7, 11) is 1.63. The number of esters is 1. The molecule has 0 amide bonds. The van der Waals surface area contributed by atoms with Gasteiger partial charge in [-0.15, -0.1) is 10.2 Å². The van der Waals surface area contributed by atoms with E-state index >= 15 is 0 Å². The van der Waals surface area contributed by atoms with Crippen molar-refractivity contribution in [1.82, 2.24) is 14.8 Å². The van der Waals surface area contributed by atoms with Crippen molar-refractivity contribution in [2.75, 3.05) is 12.9 Å². The maximum Gasteiger partial charge on any atom is 0.316 e. The van der Waals surface area contributed by atoms with Gasteiger partial charge in [0.05, 0.1) is 12.9 Å². The van der Waals surface area contributed by atoms with E-state index in [1.807, 2.05) is 90.4 Å². The monoisotopic (exact) mass is 445 g/mol. The lowest BCUT2D eigenvalue weighted by atomic mass is 10.2. The van der Waals surface area contributed by atoms with Crippen molar-refractivity contribution >= 4 is 17.7 Å². The molecule has 0 aliphatic carbocycles. The number of benzene rings is 3.